The second-order valence-corrected chi connectivity index (χ2v) is 7.40. The van der Waals surface area contributed by atoms with Crippen molar-refractivity contribution in [2.75, 3.05) is 12.4 Å². The molecule has 1 amide bonds. The van der Waals surface area contributed by atoms with Crippen LogP contribution in [0.3, 0.4) is 0 Å². The molecule has 5 nitrogen and oxygen atoms in total. The molecule has 2 aromatic heterocycles. The number of aryl methyl sites for hydroxylation is 1. The minimum absolute atomic E-state index is 0.191. The lowest BCUT2D eigenvalue weighted by molar-refractivity contribution is 0.103. The molecule has 0 atom stereocenters. The first-order valence-corrected chi connectivity index (χ1v) is 9.50. The fourth-order valence-corrected chi connectivity index (χ4v) is 3.28. The summed E-state index contributed by atoms with van der Waals surface area (Å²) in [5.74, 6) is 1.69. The molecule has 0 fully saturated rings. The van der Waals surface area contributed by atoms with Crippen LogP contribution in [0.4, 0.5) is 5.82 Å². The fourth-order valence-electron chi connectivity index (χ4n) is 2.25. The van der Waals surface area contributed by atoms with Gasteiger partial charge in [-0.15, -0.1) is 11.3 Å². The zero-order chi connectivity index (χ0) is 18.5. The highest BCUT2D eigenvalue weighted by atomic mass is 79.9. The first-order chi connectivity index (χ1) is 12.5. The van der Waals surface area contributed by atoms with Crippen molar-refractivity contribution in [2.45, 2.75) is 13.5 Å². The average molecular weight is 433 g/mol. The number of halogens is 1. The third-order valence-corrected chi connectivity index (χ3v) is 5.01. The molecule has 0 aliphatic heterocycles. The number of thiophene rings is 1. The third-order valence-electron chi connectivity index (χ3n) is 3.56. The van der Waals surface area contributed by atoms with E-state index in [-0.39, 0.29) is 5.91 Å². The number of carbonyl (C=O) groups is 1. The highest BCUT2D eigenvalue weighted by Gasteiger charge is 2.11. The topological polar surface area (TPSA) is 60.5 Å². The highest BCUT2D eigenvalue weighted by Crippen LogP contribution is 2.29. The van der Waals surface area contributed by atoms with E-state index in [2.05, 4.69) is 26.2 Å². The number of rotatable bonds is 6. The number of ether oxygens (including phenoxy) is 2. The maximum atomic E-state index is 12.3. The normalized spacial score (nSPS) is 10.4. The van der Waals surface area contributed by atoms with E-state index in [0.29, 0.717) is 28.8 Å². The van der Waals surface area contributed by atoms with Crippen LogP contribution in [0.15, 0.2) is 52.4 Å². The Balaban J connectivity index is 1.62. The molecule has 0 bridgehead atoms. The van der Waals surface area contributed by atoms with Gasteiger partial charge < -0.3 is 14.8 Å². The van der Waals surface area contributed by atoms with E-state index in [0.717, 1.165) is 15.6 Å². The summed E-state index contributed by atoms with van der Waals surface area (Å²) in [6.45, 7) is 2.36. The quantitative estimate of drug-likeness (QED) is 0.591. The molecule has 3 aromatic rings. The molecule has 1 aromatic carbocycles. The molecule has 26 heavy (non-hydrogen) atoms. The van der Waals surface area contributed by atoms with E-state index >= 15 is 0 Å². The van der Waals surface area contributed by atoms with Gasteiger partial charge in [0.15, 0.2) is 11.5 Å². The van der Waals surface area contributed by atoms with Crippen LogP contribution < -0.4 is 14.8 Å². The molecule has 0 saturated heterocycles. The Morgan fingerprint density at radius 1 is 1.23 bits per heavy atom. The van der Waals surface area contributed by atoms with Crippen molar-refractivity contribution in [1.82, 2.24) is 4.98 Å². The van der Waals surface area contributed by atoms with Crippen LogP contribution in [0, 0.1) is 6.92 Å². The van der Waals surface area contributed by atoms with Gasteiger partial charge in [0.05, 0.1) is 12.0 Å². The number of carbonyl (C=O) groups excluding carboxylic acids is 1. The number of nitrogens with zero attached hydrogens (tertiary/aromatic N) is 1. The van der Waals surface area contributed by atoms with E-state index in [1.165, 1.54) is 11.3 Å². The molecule has 2 heterocycles. The smallest absolute Gasteiger partial charge is 0.266 e. The number of hydrogen-bond donors (Lipinski definition) is 1. The number of methoxy groups -OCH3 is 1. The van der Waals surface area contributed by atoms with Gasteiger partial charge in [-0.1, -0.05) is 6.07 Å². The summed E-state index contributed by atoms with van der Waals surface area (Å²) < 4.78 is 12.0. The largest absolute Gasteiger partial charge is 0.493 e. The Morgan fingerprint density at radius 3 is 2.81 bits per heavy atom. The maximum Gasteiger partial charge on any atom is 0.266 e. The Bertz CT molecular complexity index is 909. The summed E-state index contributed by atoms with van der Waals surface area (Å²) in [4.78, 5) is 17.1. The fraction of sp³-hybridized carbons (Fsp3) is 0.158. The molecule has 0 aliphatic rings. The lowest BCUT2D eigenvalue weighted by Crippen LogP contribution is -2.11. The maximum absolute atomic E-state index is 12.3. The predicted octanol–water partition coefficient (Wildman–Crippen LogP) is 5.05. The Labute approximate surface area is 164 Å². The molecule has 3 rings (SSSR count). The van der Waals surface area contributed by atoms with Crippen molar-refractivity contribution in [1.29, 1.82) is 0 Å². The molecule has 0 spiro atoms. The molecular weight excluding hydrogens is 416 g/mol. The molecule has 1 N–H and O–H groups in total. The van der Waals surface area contributed by atoms with Gasteiger partial charge in [0, 0.05) is 16.2 Å². The first kappa shape index (κ1) is 18.4. The second kappa shape index (κ2) is 8.33. The van der Waals surface area contributed by atoms with Gasteiger partial charge in [0.25, 0.3) is 5.91 Å². The summed E-state index contributed by atoms with van der Waals surface area (Å²) in [5.41, 5.74) is 2.02. The minimum Gasteiger partial charge on any atom is -0.493 e. The van der Waals surface area contributed by atoms with Crippen LogP contribution in [0.1, 0.15) is 20.8 Å². The molecular formula is C19H17BrN2O3S. The first-order valence-electron chi connectivity index (χ1n) is 7.83. The zero-order valence-electron chi connectivity index (χ0n) is 14.3. The summed E-state index contributed by atoms with van der Waals surface area (Å²) in [7, 11) is 1.62. The SMILES string of the molecule is COc1cc(C)ccc1OCc1csc(C(=O)Nc2ccc(Br)cn2)c1. The number of anilines is 1. The molecule has 0 radical (unpaired) electrons. The zero-order valence-corrected chi connectivity index (χ0v) is 16.7. The van der Waals surface area contributed by atoms with Gasteiger partial charge in [0.1, 0.15) is 12.4 Å². The number of hydrogen-bond acceptors (Lipinski definition) is 5. The highest BCUT2D eigenvalue weighted by molar-refractivity contribution is 9.10. The van der Waals surface area contributed by atoms with Crippen LogP contribution in [-0.2, 0) is 6.61 Å². The van der Waals surface area contributed by atoms with Gasteiger partial charge >= 0.3 is 0 Å². The summed E-state index contributed by atoms with van der Waals surface area (Å²) in [5, 5.41) is 4.68. The summed E-state index contributed by atoms with van der Waals surface area (Å²) >= 11 is 4.68. The molecule has 134 valence electrons. The minimum atomic E-state index is -0.191. The van der Waals surface area contributed by atoms with Crippen molar-refractivity contribution < 1.29 is 14.3 Å². The Kier molecular flexibility index (Phi) is 5.90. The van der Waals surface area contributed by atoms with Gasteiger partial charge in [-0.2, -0.15) is 0 Å². The predicted molar refractivity (Wildman–Crippen MR) is 106 cm³/mol. The number of aromatic nitrogens is 1. The number of benzene rings is 1. The van der Waals surface area contributed by atoms with Crippen molar-refractivity contribution in [3.05, 3.63) is 68.5 Å². The summed E-state index contributed by atoms with van der Waals surface area (Å²) in [6.07, 6.45) is 1.64. The van der Waals surface area contributed by atoms with Crippen LogP contribution in [-0.4, -0.2) is 18.0 Å². The Hall–Kier alpha value is -2.38. The van der Waals surface area contributed by atoms with E-state index in [1.807, 2.05) is 42.6 Å². The van der Waals surface area contributed by atoms with Crippen molar-refractivity contribution in [3.8, 4) is 11.5 Å². The molecule has 0 saturated carbocycles. The van der Waals surface area contributed by atoms with E-state index < -0.39 is 0 Å². The van der Waals surface area contributed by atoms with Crippen molar-refractivity contribution in [2.24, 2.45) is 0 Å². The van der Waals surface area contributed by atoms with E-state index in [9.17, 15) is 4.79 Å². The van der Waals surface area contributed by atoms with E-state index in [1.54, 1.807) is 19.4 Å². The monoisotopic (exact) mass is 432 g/mol. The van der Waals surface area contributed by atoms with Crippen molar-refractivity contribution >= 4 is 39.0 Å². The number of nitrogens with one attached hydrogen (secondary N) is 1. The third kappa shape index (κ3) is 4.62. The molecule has 7 heteroatoms. The summed E-state index contributed by atoms with van der Waals surface area (Å²) in [6, 6.07) is 11.2. The van der Waals surface area contributed by atoms with Gasteiger partial charge in [-0.25, -0.2) is 4.98 Å². The lowest BCUT2D eigenvalue weighted by Gasteiger charge is -2.10. The molecule has 0 aliphatic carbocycles. The van der Waals surface area contributed by atoms with Crippen molar-refractivity contribution in [3.63, 3.8) is 0 Å². The van der Waals surface area contributed by atoms with Gasteiger partial charge in [-0.05, 0) is 64.1 Å². The number of amides is 1. The van der Waals surface area contributed by atoms with E-state index in [4.69, 9.17) is 9.47 Å². The van der Waals surface area contributed by atoms with Crippen LogP contribution in [0.5, 0.6) is 11.5 Å². The standard InChI is InChI=1S/C19H17BrN2O3S/c1-12-3-5-15(16(7-12)24-2)25-10-13-8-17(26-11-13)19(23)22-18-6-4-14(20)9-21-18/h3-9,11H,10H2,1-2H3,(H,21,22,23). The average Bonchev–Trinajstić information content (AvgIpc) is 3.11. The Morgan fingerprint density at radius 2 is 2.08 bits per heavy atom. The molecule has 0 unspecified atom stereocenters. The van der Waals surface area contributed by atoms with Gasteiger partial charge in [-0.3, -0.25) is 4.79 Å². The van der Waals surface area contributed by atoms with Gasteiger partial charge in [0.2, 0.25) is 0 Å². The second-order valence-electron chi connectivity index (χ2n) is 5.58. The van der Waals surface area contributed by atoms with Crippen LogP contribution in [0.25, 0.3) is 0 Å². The van der Waals surface area contributed by atoms with Crippen LogP contribution in [0.2, 0.25) is 0 Å². The lowest BCUT2D eigenvalue weighted by atomic mass is 10.2. The van der Waals surface area contributed by atoms with Crippen LogP contribution >= 0.6 is 27.3 Å². The number of pyridine rings is 1.